The van der Waals surface area contributed by atoms with E-state index in [0.717, 1.165) is 48.6 Å². The molecule has 1 fully saturated rings. The van der Waals surface area contributed by atoms with Gasteiger partial charge >= 0.3 is 0 Å². The van der Waals surface area contributed by atoms with Crippen LogP contribution in [0.1, 0.15) is 18.4 Å². The van der Waals surface area contributed by atoms with Gasteiger partial charge < -0.3 is 5.32 Å². The number of hydrogen-bond acceptors (Lipinski definition) is 3. The lowest BCUT2D eigenvalue weighted by Gasteiger charge is -2.32. The molecule has 25 heavy (non-hydrogen) atoms. The molecule has 0 radical (unpaired) electrons. The van der Waals surface area contributed by atoms with E-state index in [1.165, 1.54) is 12.1 Å². The van der Waals surface area contributed by atoms with Gasteiger partial charge in [0.05, 0.1) is 11.6 Å². The second kappa shape index (κ2) is 8.50. The molecule has 0 bridgehead atoms. The van der Waals surface area contributed by atoms with Gasteiger partial charge in [0, 0.05) is 18.0 Å². The van der Waals surface area contributed by atoms with E-state index >= 15 is 0 Å². The van der Waals surface area contributed by atoms with Gasteiger partial charge in [-0.2, -0.15) is 0 Å². The van der Waals surface area contributed by atoms with E-state index in [1.54, 1.807) is 11.8 Å². The van der Waals surface area contributed by atoms with Gasteiger partial charge in [0.15, 0.2) is 0 Å². The first-order valence-corrected chi connectivity index (χ1v) is 9.79. The third-order valence-corrected chi connectivity index (χ3v) is 5.36. The summed E-state index contributed by atoms with van der Waals surface area (Å²) in [5, 5.41) is 3.09. The van der Waals surface area contributed by atoms with Crippen LogP contribution >= 0.6 is 11.8 Å². The number of hydrogen-bond donors (Lipinski definition) is 1. The van der Waals surface area contributed by atoms with Crippen LogP contribution in [0, 0.1) is 11.7 Å². The highest BCUT2D eigenvalue weighted by atomic mass is 32.2. The van der Waals surface area contributed by atoms with E-state index in [-0.39, 0.29) is 17.6 Å². The van der Waals surface area contributed by atoms with Crippen LogP contribution in [0.2, 0.25) is 0 Å². The summed E-state index contributed by atoms with van der Waals surface area (Å²) in [4.78, 5) is 16.0. The van der Waals surface area contributed by atoms with E-state index in [4.69, 9.17) is 0 Å². The van der Waals surface area contributed by atoms with E-state index in [9.17, 15) is 9.18 Å². The first-order chi connectivity index (χ1) is 12.2. The molecule has 0 unspecified atom stereocenters. The molecule has 1 N–H and O–H groups in total. The molecule has 0 spiro atoms. The summed E-state index contributed by atoms with van der Waals surface area (Å²) in [6, 6.07) is 14.5. The van der Waals surface area contributed by atoms with Gasteiger partial charge in [-0.25, -0.2) is 4.39 Å². The van der Waals surface area contributed by atoms with Crippen molar-refractivity contribution < 1.29 is 9.18 Å². The molecule has 1 atom stereocenters. The largest absolute Gasteiger partial charge is 0.325 e. The molecule has 3 rings (SSSR count). The lowest BCUT2D eigenvalue weighted by Crippen LogP contribution is -2.40. The zero-order valence-electron chi connectivity index (χ0n) is 14.4. The maximum Gasteiger partial charge on any atom is 0.228 e. The van der Waals surface area contributed by atoms with Gasteiger partial charge in [-0.1, -0.05) is 24.3 Å². The van der Waals surface area contributed by atoms with Crippen LogP contribution in [0.15, 0.2) is 53.4 Å². The monoisotopic (exact) mass is 358 g/mol. The summed E-state index contributed by atoms with van der Waals surface area (Å²) in [5.41, 5.74) is 1.96. The Balaban J connectivity index is 1.60. The molecule has 1 heterocycles. The topological polar surface area (TPSA) is 32.3 Å². The molecule has 1 saturated heterocycles. The molecular weight excluding hydrogens is 335 g/mol. The molecular formula is C20H23FN2OS. The molecule has 0 saturated carbocycles. The SMILES string of the molecule is CSc1ccccc1NC(=O)[C@@H]1CCCN(Cc2ccc(F)cc2)C1. The minimum atomic E-state index is -0.216. The Morgan fingerprint density at radius 1 is 1.24 bits per heavy atom. The van der Waals surface area contributed by atoms with Crippen LogP contribution in [0.3, 0.4) is 0 Å². The molecule has 3 nitrogen and oxygen atoms in total. The van der Waals surface area contributed by atoms with Crippen molar-refractivity contribution in [2.24, 2.45) is 5.92 Å². The maximum absolute atomic E-state index is 13.0. The Morgan fingerprint density at radius 2 is 2.00 bits per heavy atom. The molecule has 0 aromatic heterocycles. The fourth-order valence-electron chi connectivity index (χ4n) is 3.24. The summed E-state index contributed by atoms with van der Waals surface area (Å²) in [5.74, 6) is -0.137. The van der Waals surface area contributed by atoms with Crippen molar-refractivity contribution in [3.63, 3.8) is 0 Å². The number of likely N-dealkylation sites (tertiary alicyclic amines) is 1. The highest BCUT2D eigenvalue weighted by molar-refractivity contribution is 7.98. The lowest BCUT2D eigenvalue weighted by molar-refractivity contribution is -0.121. The van der Waals surface area contributed by atoms with Crippen LogP contribution in [0.4, 0.5) is 10.1 Å². The molecule has 2 aromatic rings. The van der Waals surface area contributed by atoms with E-state index in [1.807, 2.05) is 42.7 Å². The third kappa shape index (κ3) is 4.83. The number of piperidine rings is 1. The molecule has 0 aliphatic carbocycles. The van der Waals surface area contributed by atoms with Gasteiger partial charge in [0.25, 0.3) is 0 Å². The van der Waals surface area contributed by atoms with Crippen LogP contribution in [-0.2, 0) is 11.3 Å². The molecule has 2 aromatic carbocycles. The van der Waals surface area contributed by atoms with Crippen molar-refractivity contribution in [1.82, 2.24) is 4.90 Å². The van der Waals surface area contributed by atoms with Gasteiger partial charge in [-0.3, -0.25) is 9.69 Å². The number of nitrogens with one attached hydrogen (secondary N) is 1. The normalized spacial score (nSPS) is 18.1. The van der Waals surface area contributed by atoms with Gasteiger partial charge in [-0.05, 0) is 55.5 Å². The first kappa shape index (κ1) is 18.0. The van der Waals surface area contributed by atoms with Crippen molar-refractivity contribution in [2.75, 3.05) is 24.7 Å². The van der Waals surface area contributed by atoms with Crippen LogP contribution in [0.5, 0.6) is 0 Å². The van der Waals surface area contributed by atoms with Crippen molar-refractivity contribution in [3.8, 4) is 0 Å². The Hall–Kier alpha value is -1.85. The van der Waals surface area contributed by atoms with Crippen LogP contribution in [-0.4, -0.2) is 30.2 Å². The average molecular weight is 358 g/mol. The minimum Gasteiger partial charge on any atom is -0.325 e. The van der Waals surface area contributed by atoms with Gasteiger partial charge in [0.1, 0.15) is 5.82 Å². The maximum atomic E-state index is 13.0. The summed E-state index contributed by atoms with van der Waals surface area (Å²) in [6.07, 6.45) is 3.92. The zero-order chi connectivity index (χ0) is 17.6. The lowest BCUT2D eigenvalue weighted by atomic mass is 9.96. The standard InChI is InChI=1S/C20H23FN2OS/c1-25-19-7-3-2-6-18(19)22-20(24)16-5-4-12-23(14-16)13-15-8-10-17(21)11-9-15/h2-3,6-11,16H,4-5,12-14H2,1H3,(H,22,24)/t16-/m1/s1. The predicted molar refractivity (Wildman–Crippen MR) is 101 cm³/mol. The number of benzene rings is 2. The predicted octanol–water partition coefficient (Wildman–Crippen LogP) is 4.40. The van der Waals surface area contributed by atoms with E-state index < -0.39 is 0 Å². The number of rotatable bonds is 5. The molecule has 1 aliphatic rings. The van der Waals surface area contributed by atoms with Crippen LogP contribution in [0.25, 0.3) is 0 Å². The third-order valence-electron chi connectivity index (χ3n) is 4.56. The smallest absolute Gasteiger partial charge is 0.228 e. The summed E-state index contributed by atoms with van der Waals surface area (Å²) in [6.45, 7) is 2.47. The Kier molecular flexibility index (Phi) is 6.10. The number of thioether (sulfide) groups is 1. The van der Waals surface area contributed by atoms with Gasteiger partial charge in [-0.15, -0.1) is 11.8 Å². The van der Waals surface area contributed by atoms with Crippen molar-refractivity contribution in [3.05, 3.63) is 59.9 Å². The highest BCUT2D eigenvalue weighted by Gasteiger charge is 2.26. The second-order valence-electron chi connectivity index (χ2n) is 6.39. The Bertz CT molecular complexity index is 720. The number of halogens is 1. The molecule has 5 heteroatoms. The molecule has 132 valence electrons. The second-order valence-corrected chi connectivity index (χ2v) is 7.24. The fourth-order valence-corrected chi connectivity index (χ4v) is 3.80. The van der Waals surface area contributed by atoms with Crippen molar-refractivity contribution >= 4 is 23.4 Å². The highest BCUT2D eigenvalue weighted by Crippen LogP contribution is 2.26. The number of anilines is 1. The molecule has 1 amide bonds. The number of amides is 1. The summed E-state index contributed by atoms with van der Waals surface area (Å²) < 4.78 is 13.0. The van der Waals surface area contributed by atoms with Gasteiger partial charge in [0.2, 0.25) is 5.91 Å². The number of carbonyl (C=O) groups is 1. The Labute approximate surface area is 152 Å². The van der Waals surface area contributed by atoms with Crippen molar-refractivity contribution in [1.29, 1.82) is 0 Å². The number of nitrogens with zero attached hydrogens (tertiary/aromatic N) is 1. The van der Waals surface area contributed by atoms with Crippen LogP contribution < -0.4 is 5.32 Å². The van der Waals surface area contributed by atoms with E-state index in [2.05, 4.69) is 10.2 Å². The summed E-state index contributed by atoms with van der Waals surface area (Å²) >= 11 is 1.63. The first-order valence-electron chi connectivity index (χ1n) is 8.56. The zero-order valence-corrected chi connectivity index (χ0v) is 15.2. The number of para-hydroxylation sites is 1. The number of carbonyl (C=O) groups excluding carboxylic acids is 1. The fraction of sp³-hybridized carbons (Fsp3) is 0.350. The van der Waals surface area contributed by atoms with Crippen molar-refractivity contribution in [2.45, 2.75) is 24.3 Å². The average Bonchev–Trinajstić information content (AvgIpc) is 2.64. The van der Waals surface area contributed by atoms with E-state index in [0.29, 0.717) is 0 Å². The summed E-state index contributed by atoms with van der Waals surface area (Å²) in [7, 11) is 0. The molecule has 1 aliphatic heterocycles. The minimum absolute atomic E-state index is 0.0101. The Morgan fingerprint density at radius 3 is 2.76 bits per heavy atom. The quantitative estimate of drug-likeness (QED) is 0.804.